The number of hydrogen-bond donors (Lipinski definition) is 2. The normalized spacial score (nSPS) is 12.5. The molecule has 13 heavy (non-hydrogen) atoms. The Bertz CT molecular complexity index is 310. The van der Waals surface area contributed by atoms with E-state index in [1.54, 1.807) is 6.07 Å². The van der Waals surface area contributed by atoms with E-state index in [9.17, 15) is 4.79 Å². The number of carboxylic acids is 1. The molecule has 1 atom stereocenters. The molecule has 3 N–H and O–H groups in total. The number of nitrogens with two attached hydrogens (primary N) is 1. The highest BCUT2D eigenvalue weighted by Gasteiger charge is 2.17. The first kappa shape index (κ1) is 9.74. The maximum absolute atomic E-state index is 10.8. The number of aliphatic carboxylic acids is 1. The maximum atomic E-state index is 10.8. The van der Waals surface area contributed by atoms with Gasteiger partial charge in [0, 0.05) is 6.54 Å². The molecule has 0 amide bonds. The molecule has 0 fully saturated rings. The van der Waals surface area contributed by atoms with Gasteiger partial charge in [-0.3, -0.25) is 4.79 Å². The molecule has 0 saturated carbocycles. The van der Waals surface area contributed by atoms with Crippen LogP contribution in [0.25, 0.3) is 0 Å². The van der Waals surface area contributed by atoms with Crippen molar-refractivity contribution >= 4 is 5.97 Å². The van der Waals surface area contributed by atoms with Crippen molar-refractivity contribution in [2.45, 2.75) is 12.8 Å². The van der Waals surface area contributed by atoms with Crippen molar-refractivity contribution in [3.8, 4) is 0 Å². The van der Waals surface area contributed by atoms with Gasteiger partial charge >= 0.3 is 5.97 Å². The SMILES string of the molecule is Cc1cccc([C@H](CN)C(=O)O)c1. The Balaban J connectivity index is 2.98. The Morgan fingerprint density at radius 2 is 2.31 bits per heavy atom. The number of hydrogen-bond acceptors (Lipinski definition) is 2. The molecular weight excluding hydrogens is 166 g/mol. The van der Waals surface area contributed by atoms with Crippen LogP contribution in [0.3, 0.4) is 0 Å². The third kappa shape index (κ3) is 2.29. The second kappa shape index (κ2) is 4.05. The van der Waals surface area contributed by atoms with E-state index >= 15 is 0 Å². The fraction of sp³-hybridized carbons (Fsp3) is 0.300. The van der Waals surface area contributed by atoms with Crippen LogP contribution in [0.15, 0.2) is 24.3 Å². The van der Waals surface area contributed by atoms with E-state index in [0.29, 0.717) is 0 Å². The molecule has 0 heterocycles. The van der Waals surface area contributed by atoms with Gasteiger partial charge in [-0.2, -0.15) is 0 Å². The molecule has 0 aliphatic carbocycles. The van der Waals surface area contributed by atoms with Crippen LogP contribution in [0.4, 0.5) is 0 Å². The summed E-state index contributed by atoms with van der Waals surface area (Å²) in [7, 11) is 0. The van der Waals surface area contributed by atoms with Gasteiger partial charge in [-0.1, -0.05) is 29.8 Å². The minimum atomic E-state index is -0.867. The number of carbonyl (C=O) groups is 1. The van der Waals surface area contributed by atoms with Crippen molar-refractivity contribution < 1.29 is 9.90 Å². The van der Waals surface area contributed by atoms with Crippen LogP contribution in [0.1, 0.15) is 17.0 Å². The van der Waals surface area contributed by atoms with Crippen molar-refractivity contribution in [1.82, 2.24) is 0 Å². The average Bonchev–Trinajstić information content (AvgIpc) is 2.04. The van der Waals surface area contributed by atoms with Crippen LogP contribution in [-0.4, -0.2) is 17.6 Å². The second-order valence-electron chi connectivity index (χ2n) is 3.04. The molecule has 1 aromatic carbocycles. The van der Waals surface area contributed by atoms with Crippen molar-refractivity contribution in [1.29, 1.82) is 0 Å². The highest BCUT2D eigenvalue weighted by molar-refractivity contribution is 5.76. The number of carboxylic acid groups (broad SMARTS) is 1. The van der Waals surface area contributed by atoms with Gasteiger partial charge in [-0.25, -0.2) is 0 Å². The average molecular weight is 179 g/mol. The summed E-state index contributed by atoms with van der Waals surface area (Å²) in [4.78, 5) is 10.8. The van der Waals surface area contributed by atoms with Crippen LogP contribution in [0.2, 0.25) is 0 Å². The van der Waals surface area contributed by atoms with Crippen LogP contribution in [-0.2, 0) is 4.79 Å². The van der Waals surface area contributed by atoms with E-state index in [-0.39, 0.29) is 6.54 Å². The summed E-state index contributed by atoms with van der Waals surface area (Å²) in [6.45, 7) is 2.07. The van der Waals surface area contributed by atoms with Gasteiger partial charge < -0.3 is 10.8 Å². The van der Waals surface area contributed by atoms with Crippen molar-refractivity contribution in [2.75, 3.05) is 6.54 Å². The first-order chi connectivity index (χ1) is 6.15. The number of rotatable bonds is 3. The van der Waals surface area contributed by atoms with Gasteiger partial charge in [-0.05, 0) is 12.5 Å². The molecule has 0 unspecified atom stereocenters. The topological polar surface area (TPSA) is 63.3 Å². The zero-order valence-corrected chi connectivity index (χ0v) is 7.53. The molecule has 0 aliphatic heterocycles. The quantitative estimate of drug-likeness (QED) is 0.730. The molecule has 0 aliphatic rings. The van der Waals surface area contributed by atoms with Gasteiger partial charge in [0.15, 0.2) is 0 Å². The lowest BCUT2D eigenvalue weighted by Crippen LogP contribution is -2.21. The summed E-state index contributed by atoms with van der Waals surface area (Å²) >= 11 is 0. The fourth-order valence-electron chi connectivity index (χ4n) is 1.27. The highest BCUT2D eigenvalue weighted by atomic mass is 16.4. The first-order valence-electron chi connectivity index (χ1n) is 4.14. The maximum Gasteiger partial charge on any atom is 0.312 e. The van der Waals surface area contributed by atoms with E-state index in [2.05, 4.69) is 0 Å². The Labute approximate surface area is 77.2 Å². The Morgan fingerprint density at radius 1 is 1.62 bits per heavy atom. The zero-order chi connectivity index (χ0) is 9.84. The van der Waals surface area contributed by atoms with E-state index in [4.69, 9.17) is 10.8 Å². The third-order valence-electron chi connectivity index (χ3n) is 1.98. The second-order valence-corrected chi connectivity index (χ2v) is 3.04. The lowest BCUT2D eigenvalue weighted by Gasteiger charge is -2.09. The molecule has 0 saturated heterocycles. The minimum absolute atomic E-state index is 0.138. The van der Waals surface area contributed by atoms with E-state index in [1.165, 1.54) is 0 Å². The standard InChI is InChI=1S/C10H13NO2/c1-7-3-2-4-8(5-7)9(6-11)10(12)13/h2-5,9H,6,11H2,1H3,(H,12,13)/t9-/m0/s1. The Hall–Kier alpha value is -1.35. The summed E-state index contributed by atoms with van der Waals surface area (Å²) in [6, 6.07) is 7.42. The largest absolute Gasteiger partial charge is 0.481 e. The lowest BCUT2D eigenvalue weighted by atomic mass is 9.98. The Morgan fingerprint density at radius 3 is 2.77 bits per heavy atom. The summed E-state index contributed by atoms with van der Waals surface area (Å²) < 4.78 is 0. The molecule has 1 rings (SSSR count). The van der Waals surface area contributed by atoms with Crippen molar-refractivity contribution in [3.05, 3.63) is 35.4 Å². The van der Waals surface area contributed by atoms with Gasteiger partial charge in [0.2, 0.25) is 0 Å². The van der Waals surface area contributed by atoms with Gasteiger partial charge in [-0.15, -0.1) is 0 Å². The fourth-order valence-corrected chi connectivity index (χ4v) is 1.27. The molecule has 0 spiro atoms. The molecule has 0 radical (unpaired) electrons. The first-order valence-corrected chi connectivity index (χ1v) is 4.14. The predicted molar refractivity (Wildman–Crippen MR) is 50.6 cm³/mol. The van der Waals surface area contributed by atoms with Crippen LogP contribution in [0, 0.1) is 6.92 Å². The van der Waals surface area contributed by atoms with Crippen LogP contribution < -0.4 is 5.73 Å². The van der Waals surface area contributed by atoms with Gasteiger partial charge in [0.05, 0.1) is 5.92 Å². The molecule has 0 aromatic heterocycles. The molecular formula is C10H13NO2. The smallest absolute Gasteiger partial charge is 0.312 e. The van der Waals surface area contributed by atoms with Gasteiger partial charge in [0.1, 0.15) is 0 Å². The van der Waals surface area contributed by atoms with E-state index in [0.717, 1.165) is 11.1 Å². The number of benzene rings is 1. The summed E-state index contributed by atoms with van der Waals surface area (Å²) in [5.74, 6) is -1.45. The zero-order valence-electron chi connectivity index (χ0n) is 7.53. The third-order valence-corrected chi connectivity index (χ3v) is 1.98. The number of aryl methyl sites for hydroxylation is 1. The Kier molecular flexibility index (Phi) is 3.03. The lowest BCUT2D eigenvalue weighted by molar-refractivity contribution is -0.138. The molecule has 3 heteroatoms. The summed E-state index contributed by atoms with van der Waals surface area (Å²) in [5.41, 5.74) is 7.20. The molecule has 3 nitrogen and oxygen atoms in total. The monoisotopic (exact) mass is 179 g/mol. The summed E-state index contributed by atoms with van der Waals surface area (Å²) in [5, 5.41) is 8.84. The van der Waals surface area contributed by atoms with Crippen LogP contribution >= 0.6 is 0 Å². The van der Waals surface area contributed by atoms with E-state index < -0.39 is 11.9 Å². The molecule has 0 bridgehead atoms. The minimum Gasteiger partial charge on any atom is -0.481 e. The highest BCUT2D eigenvalue weighted by Crippen LogP contribution is 2.15. The predicted octanol–water partition coefficient (Wildman–Crippen LogP) is 1.12. The van der Waals surface area contributed by atoms with Gasteiger partial charge in [0.25, 0.3) is 0 Å². The molecule has 70 valence electrons. The van der Waals surface area contributed by atoms with Crippen molar-refractivity contribution in [2.24, 2.45) is 5.73 Å². The van der Waals surface area contributed by atoms with Crippen molar-refractivity contribution in [3.63, 3.8) is 0 Å². The van der Waals surface area contributed by atoms with Crippen LogP contribution in [0.5, 0.6) is 0 Å². The summed E-state index contributed by atoms with van der Waals surface area (Å²) in [6.07, 6.45) is 0. The van der Waals surface area contributed by atoms with E-state index in [1.807, 2.05) is 25.1 Å². The molecule has 1 aromatic rings.